The first-order valence-corrected chi connectivity index (χ1v) is 10.6. The largest absolute Gasteiger partial charge is 0.460 e. The van der Waals surface area contributed by atoms with Gasteiger partial charge < -0.3 is 14.8 Å². The number of esters is 1. The van der Waals surface area contributed by atoms with Crippen LogP contribution < -0.4 is 5.32 Å². The molecule has 0 fully saturated rings. The number of amides is 1. The summed E-state index contributed by atoms with van der Waals surface area (Å²) < 4.78 is 11.1. The molecule has 0 aliphatic heterocycles. The molecule has 5 nitrogen and oxygen atoms in total. The van der Waals surface area contributed by atoms with Gasteiger partial charge in [-0.2, -0.15) is 0 Å². The first-order valence-electron chi connectivity index (χ1n) is 10.6. The van der Waals surface area contributed by atoms with E-state index in [1.807, 2.05) is 98.7 Å². The van der Waals surface area contributed by atoms with Crippen LogP contribution in [-0.2, 0) is 20.7 Å². The van der Waals surface area contributed by atoms with E-state index in [1.165, 1.54) is 0 Å². The number of nitrogens with one attached hydrogen (secondary N) is 1. The summed E-state index contributed by atoms with van der Waals surface area (Å²) in [6.45, 7) is 17.0. The third-order valence-electron chi connectivity index (χ3n) is 4.36. The Morgan fingerprint density at radius 3 is 1.97 bits per heavy atom. The lowest BCUT2D eigenvalue weighted by atomic mass is 9.90. The van der Waals surface area contributed by atoms with E-state index in [0.717, 1.165) is 11.1 Å². The van der Waals surface area contributed by atoms with Gasteiger partial charge in [0.15, 0.2) is 0 Å². The predicted octanol–water partition coefficient (Wildman–Crippen LogP) is 5.68. The molecule has 0 heterocycles. The highest BCUT2D eigenvalue weighted by Crippen LogP contribution is 2.22. The molecule has 30 heavy (non-hydrogen) atoms. The summed E-state index contributed by atoms with van der Waals surface area (Å²) in [6.07, 6.45) is 2.04. The van der Waals surface area contributed by atoms with Gasteiger partial charge in [0.25, 0.3) is 0 Å². The molecule has 2 atom stereocenters. The molecular weight excluding hydrogens is 378 g/mol. The minimum absolute atomic E-state index is 0.0636. The molecule has 0 spiro atoms. The Kier molecular flexibility index (Phi) is 9.13. The van der Waals surface area contributed by atoms with Gasteiger partial charge in [-0.15, -0.1) is 0 Å². The van der Waals surface area contributed by atoms with Crippen molar-refractivity contribution in [1.82, 2.24) is 5.32 Å². The molecule has 1 aromatic rings. The van der Waals surface area contributed by atoms with E-state index in [2.05, 4.69) is 5.32 Å². The highest BCUT2D eigenvalue weighted by molar-refractivity contribution is 5.75. The van der Waals surface area contributed by atoms with Crippen molar-refractivity contribution >= 4 is 12.1 Å². The zero-order chi connectivity index (χ0) is 23.1. The number of hydrogen-bond donors (Lipinski definition) is 1. The fourth-order valence-corrected chi connectivity index (χ4v) is 2.93. The van der Waals surface area contributed by atoms with Gasteiger partial charge in [0.1, 0.15) is 11.2 Å². The highest BCUT2D eigenvalue weighted by atomic mass is 16.6. The van der Waals surface area contributed by atoms with Crippen LogP contribution in [0.1, 0.15) is 67.9 Å². The smallest absolute Gasteiger partial charge is 0.408 e. The highest BCUT2D eigenvalue weighted by Gasteiger charge is 2.28. The summed E-state index contributed by atoms with van der Waals surface area (Å²) in [5.74, 6) is -0.593. The Bertz CT molecular complexity index is 724. The molecule has 1 rings (SSSR count). The fourth-order valence-electron chi connectivity index (χ4n) is 2.93. The number of carbonyl (C=O) groups excluding carboxylic acids is 2. The van der Waals surface area contributed by atoms with Gasteiger partial charge in [-0.3, -0.25) is 4.79 Å². The van der Waals surface area contributed by atoms with Gasteiger partial charge in [0.2, 0.25) is 0 Å². The molecule has 0 saturated carbocycles. The van der Waals surface area contributed by atoms with Crippen LogP contribution in [0.2, 0.25) is 0 Å². The Morgan fingerprint density at radius 2 is 1.50 bits per heavy atom. The van der Waals surface area contributed by atoms with Crippen molar-refractivity contribution in [3.63, 3.8) is 0 Å². The quantitative estimate of drug-likeness (QED) is 0.458. The summed E-state index contributed by atoms with van der Waals surface area (Å²) in [6, 6.07) is 9.63. The number of alkyl carbamates (subject to hydrolysis) is 1. The molecule has 5 heteroatoms. The van der Waals surface area contributed by atoms with Crippen molar-refractivity contribution in [2.45, 2.75) is 86.0 Å². The van der Waals surface area contributed by atoms with Crippen LogP contribution in [-0.4, -0.2) is 29.3 Å². The molecule has 0 radical (unpaired) electrons. The van der Waals surface area contributed by atoms with Crippen LogP contribution in [0.25, 0.3) is 0 Å². The Hall–Kier alpha value is -2.30. The average molecular weight is 418 g/mol. The molecule has 0 bridgehead atoms. The second-order valence-corrected chi connectivity index (χ2v) is 10.1. The van der Waals surface area contributed by atoms with Crippen LogP contribution in [0.15, 0.2) is 42.0 Å². The molecule has 0 unspecified atom stereocenters. The summed E-state index contributed by atoms with van der Waals surface area (Å²) >= 11 is 0. The van der Waals surface area contributed by atoms with E-state index in [9.17, 15) is 9.59 Å². The van der Waals surface area contributed by atoms with Gasteiger partial charge in [-0.1, -0.05) is 55.8 Å². The predicted molar refractivity (Wildman–Crippen MR) is 121 cm³/mol. The maximum Gasteiger partial charge on any atom is 0.408 e. The maximum absolute atomic E-state index is 12.7. The van der Waals surface area contributed by atoms with Gasteiger partial charge in [-0.25, -0.2) is 4.79 Å². The average Bonchev–Trinajstić information content (AvgIpc) is 2.56. The standard InChI is InChI=1S/C25H39NO4/c1-17(2)20(22(27)29-24(4,5)6)15-18(3)21(16-19-13-11-10-12-14-19)26-23(28)30-25(7,8)9/h10-15,17,20-21H,16H2,1-9H3,(H,26,28)/b18-15+/t20-,21-/m1/s1. The summed E-state index contributed by atoms with van der Waals surface area (Å²) in [7, 11) is 0. The van der Waals surface area contributed by atoms with Crippen LogP contribution in [0, 0.1) is 11.8 Å². The second-order valence-electron chi connectivity index (χ2n) is 10.1. The van der Waals surface area contributed by atoms with E-state index >= 15 is 0 Å². The third-order valence-corrected chi connectivity index (χ3v) is 4.36. The zero-order valence-electron chi connectivity index (χ0n) is 20.0. The van der Waals surface area contributed by atoms with Crippen LogP contribution in [0.3, 0.4) is 0 Å². The zero-order valence-corrected chi connectivity index (χ0v) is 20.0. The second kappa shape index (κ2) is 10.6. The van der Waals surface area contributed by atoms with Gasteiger partial charge in [0.05, 0.1) is 12.0 Å². The summed E-state index contributed by atoms with van der Waals surface area (Å²) in [5.41, 5.74) is 0.846. The van der Waals surface area contributed by atoms with Crippen molar-refractivity contribution in [3.05, 3.63) is 47.5 Å². The van der Waals surface area contributed by atoms with Crippen molar-refractivity contribution < 1.29 is 19.1 Å². The molecule has 1 N–H and O–H groups in total. The van der Waals surface area contributed by atoms with E-state index in [1.54, 1.807) is 0 Å². The molecule has 0 aliphatic rings. The normalized spacial score (nSPS) is 14.8. The Morgan fingerprint density at radius 1 is 0.967 bits per heavy atom. The molecule has 1 amide bonds. The molecule has 1 aromatic carbocycles. The molecular formula is C25H39NO4. The number of rotatable bonds is 7. The first-order chi connectivity index (χ1) is 13.7. The van der Waals surface area contributed by atoms with Gasteiger partial charge >= 0.3 is 12.1 Å². The van der Waals surface area contributed by atoms with E-state index in [-0.39, 0.29) is 17.9 Å². The number of benzene rings is 1. The van der Waals surface area contributed by atoms with Crippen molar-refractivity contribution in [2.24, 2.45) is 11.8 Å². The number of ether oxygens (including phenoxy) is 2. The Labute approximate surface area is 182 Å². The van der Waals surface area contributed by atoms with E-state index < -0.39 is 23.2 Å². The van der Waals surface area contributed by atoms with Crippen LogP contribution in [0.4, 0.5) is 4.79 Å². The first kappa shape index (κ1) is 25.7. The monoisotopic (exact) mass is 417 g/mol. The summed E-state index contributed by atoms with van der Waals surface area (Å²) in [4.78, 5) is 25.2. The van der Waals surface area contributed by atoms with Gasteiger partial charge in [0, 0.05) is 0 Å². The van der Waals surface area contributed by atoms with Crippen molar-refractivity contribution in [1.29, 1.82) is 0 Å². The molecule has 0 saturated heterocycles. The summed E-state index contributed by atoms with van der Waals surface area (Å²) in [5, 5.41) is 2.97. The minimum atomic E-state index is -0.587. The van der Waals surface area contributed by atoms with Crippen molar-refractivity contribution in [3.8, 4) is 0 Å². The van der Waals surface area contributed by atoms with E-state index in [4.69, 9.17) is 9.47 Å². The van der Waals surface area contributed by atoms with Crippen molar-refractivity contribution in [2.75, 3.05) is 0 Å². The van der Waals surface area contributed by atoms with Crippen LogP contribution >= 0.6 is 0 Å². The molecule has 0 aliphatic carbocycles. The lowest BCUT2D eigenvalue weighted by Gasteiger charge is -2.27. The topological polar surface area (TPSA) is 64.6 Å². The molecule has 168 valence electrons. The minimum Gasteiger partial charge on any atom is -0.460 e. The Balaban J connectivity index is 3.14. The van der Waals surface area contributed by atoms with E-state index in [0.29, 0.717) is 6.42 Å². The third kappa shape index (κ3) is 9.95. The fraction of sp³-hybridized carbons (Fsp3) is 0.600. The number of hydrogen-bond acceptors (Lipinski definition) is 4. The molecule has 0 aromatic heterocycles. The van der Waals surface area contributed by atoms with Gasteiger partial charge in [-0.05, 0) is 66.4 Å². The SMILES string of the molecule is C/C(=C\[C@@H](C(=O)OC(C)(C)C)C(C)C)[C@@H](Cc1ccccc1)NC(=O)OC(C)(C)C. The number of carbonyl (C=O) groups is 2. The lowest BCUT2D eigenvalue weighted by Crippen LogP contribution is -2.41. The van der Waals surface area contributed by atoms with Crippen LogP contribution in [0.5, 0.6) is 0 Å². The maximum atomic E-state index is 12.7. The lowest BCUT2D eigenvalue weighted by molar-refractivity contribution is -0.159.